The fraction of sp³-hybridized carbons (Fsp3) is 0.125. The summed E-state index contributed by atoms with van der Waals surface area (Å²) < 4.78 is 0. The van der Waals surface area contributed by atoms with Crippen molar-refractivity contribution < 1.29 is 24.9 Å². The third-order valence-corrected chi connectivity index (χ3v) is 4.61. The molecule has 3 aromatic rings. The van der Waals surface area contributed by atoms with Gasteiger partial charge < -0.3 is 20.6 Å². The number of carboxylic acids is 1. The average Bonchev–Trinajstić information content (AvgIpc) is 2.77. The van der Waals surface area contributed by atoms with E-state index in [1.807, 2.05) is 6.07 Å². The second-order valence-corrected chi connectivity index (χ2v) is 6.90. The number of aromatic hydroxyl groups is 1. The highest BCUT2D eigenvalue weighted by Crippen LogP contribution is 2.23. The largest absolute Gasteiger partial charge is 0.507 e. The number of nitrogens with zero attached hydrogens (tertiary/aromatic N) is 1. The Morgan fingerprint density at radius 2 is 1.68 bits per heavy atom. The monoisotopic (exact) mass is 418 g/mol. The van der Waals surface area contributed by atoms with E-state index in [9.17, 15) is 24.9 Å². The highest BCUT2D eigenvalue weighted by Gasteiger charge is 2.29. The van der Waals surface area contributed by atoms with Crippen LogP contribution in [0.4, 0.5) is 5.69 Å². The molecule has 1 amide bonds. The van der Waals surface area contributed by atoms with E-state index in [2.05, 4.69) is 10.3 Å². The number of benzene rings is 3. The van der Waals surface area contributed by atoms with Crippen molar-refractivity contribution in [1.82, 2.24) is 5.32 Å². The molecule has 7 nitrogen and oxygen atoms in total. The number of para-hydroxylation sites is 1. The van der Waals surface area contributed by atoms with Gasteiger partial charge in [0.2, 0.25) is 5.91 Å². The normalized spacial score (nSPS) is 12.9. The summed E-state index contributed by atoms with van der Waals surface area (Å²) in [6.45, 7) is 0. The molecule has 0 bridgehead atoms. The summed E-state index contributed by atoms with van der Waals surface area (Å²) in [6, 6.07) is 20.5. The van der Waals surface area contributed by atoms with Gasteiger partial charge in [-0.1, -0.05) is 54.6 Å². The number of aliphatic imine (C=N–C) groups is 1. The van der Waals surface area contributed by atoms with E-state index in [0.717, 1.165) is 5.56 Å². The highest BCUT2D eigenvalue weighted by molar-refractivity contribution is 5.86. The molecule has 0 fully saturated rings. The molecule has 3 aromatic carbocycles. The van der Waals surface area contributed by atoms with Gasteiger partial charge in [-0.05, 0) is 35.4 Å². The minimum Gasteiger partial charge on any atom is -0.507 e. The smallest absolute Gasteiger partial charge is 0.329 e. The quantitative estimate of drug-likeness (QED) is 0.419. The van der Waals surface area contributed by atoms with E-state index in [-0.39, 0.29) is 12.2 Å². The van der Waals surface area contributed by atoms with Gasteiger partial charge in [0.15, 0.2) is 6.04 Å². The van der Waals surface area contributed by atoms with Crippen molar-refractivity contribution in [2.24, 2.45) is 4.99 Å². The van der Waals surface area contributed by atoms with Gasteiger partial charge in [0, 0.05) is 11.8 Å². The van der Waals surface area contributed by atoms with E-state index >= 15 is 0 Å². The number of nitrogens with one attached hydrogen (secondary N) is 1. The van der Waals surface area contributed by atoms with E-state index in [1.54, 1.807) is 60.7 Å². The van der Waals surface area contributed by atoms with Crippen LogP contribution in [-0.2, 0) is 16.0 Å². The van der Waals surface area contributed by atoms with Crippen LogP contribution in [0.1, 0.15) is 22.8 Å². The van der Waals surface area contributed by atoms with Crippen molar-refractivity contribution in [3.63, 3.8) is 0 Å². The Bertz CT molecular complexity index is 1080. The number of rotatable bonds is 8. The van der Waals surface area contributed by atoms with Crippen molar-refractivity contribution >= 4 is 23.8 Å². The number of hydrogen-bond donors (Lipinski definition) is 4. The zero-order valence-corrected chi connectivity index (χ0v) is 16.6. The van der Waals surface area contributed by atoms with Crippen LogP contribution in [0.3, 0.4) is 0 Å². The molecule has 0 unspecified atom stereocenters. The summed E-state index contributed by atoms with van der Waals surface area (Å²) in [5.74, 6) is -1.78. The van der Waals surface area contributed by atoms with Crippen LogP contribution in [0.15, 0.2) is 83.9 Å². The number of carbonyl (C=O) groups is 2. The number of amides is 1. The number of aliphatic hydroxyl groups excluding tert-OH is 1. The summed E-state index contributed by atoms with van der Waals surface area (Å²) in [4.78, 5) is 28.3. The number of aliphatic hydroxyl groups is 1. The minimum atomic E-state index is -1.52. The van der Waals surface area contributed by atoms with Crippen molar-refractivity contribution in [2.45, 2.75) is 18.6 Å². The molecule has 3 rings (SSSR count). The molecule has 0 radical (unpaired) electrons. The fourth-order valence-electron chi connectivity index (χ4n) is 3.00. The van der Waals surface area contributed by atoms with Gasteiger partial charge in [-0.25, -0.2) is 4.79 Å². The van der Waals surface area contributed by atoms with Crippen molar-refractivity contribution in [3.8, 4) is 5.75 Å². The molecule has 0 saturated heterocycles. The zero-order chi connectivity index (χ0) is 22.2. The lowest BCUT2D eigenvalue weighted by Crippen LogP contribution is -2.45. The first-order valence-electron chi connectivity index (χ1n) is 9.60. The summed E-state index contributed by atoms with van der Waals surface area (Å²) in [5.41, 5.74) is 2.00. The number of carbonyl (C=O) groups excluding carboxylic acids is 1. The second-order valence-electron chi connectivity index (χ2n) is 6.90. The molecular weight excluding hydrogens is 396 g/mol. The Hall–Kier alpha value is -3.97. The Morgan fingerprint density at radius 3 is 2.39 bits per heavy atom. The van der Waals surface area contributed by atoms with Crippen molar-refractivity contribution in [2.75, 3.05) is 0 Å². The van der Waals surface area contributed by atoms with Crippen LogP contribution in [0.5, 0.6) is 5.75 Å². The highest BCUT2D eigenvalue weighted by atomic mass is 16.4. The average molecular weight is 418 g/mol. The maximum Gasteiger partial charge on any atom is 0.329 e. The molecule has 0 aliphatic heterocycles. The molecule has 0 aromatic heterocycles. The van der Waals surface area contributed by atoms with Crippen LogP contribution < -0.4 is 5.32 Å². The molecule has 0 aliphatic carbocycles. The molecule has 0 saturated carbocycles. The second kappa shape index (κ2) is 10.2. The van der Waals surface area contributed by atoms with Crippen molar-refractivity contribution in [3.05, 3.63) is 95.6 Å². The van der Waals surface area contributed by atoms with E-state index in [4.69, 9.17) is 0 Å². The molecule has 2 atom stereocenters. The van der Waals surface area contributed by atoms with Gasteiger partial charge in [-0.3, -0.25) is 9.79 Å². The van der Waals surface area contributed by atoms with Gasteiger partial charge >= 0.3 is 5.97 Å². The molecule has 4 N–H and O–H groups in total. The number of phenols is 1. The lowest BCUT2D eigenvalue weighted by molar-refractivity contribution is -0.145. The van der Waals surface area contributed by atoms with Gasteiger partial charge in [-0.2, -0.15) is 0 Å². The first-order valence-corrected chi connectivity index (χ1v) is 9.60. The van der Waals surface area contributed by atoms with E-state index in [1.165, 1.54) is 18.3 Å². The Balaban J connectivity index is 1.74. The first-order chi connectivity index (χ1) is 14.9. The Morgan fingerprint density at radius 1 is 0.968 bits per heavy atom. The summed E-state index contributed by atoms with van der Waals surface area (Å²) in [7, 11) is 0. The van der Waals surface area contributed by atoms with Gasteiger partial charge in [0.1, 0.15) is 11.9 Å². The summed E-state index contributed by atoms with van der Waals surface area (Å²) >= 11 is 0. The predicted molar refractivity (Wildman–Crippen MR) is 116 cm³/mol. The fourth-order valence-corrected chi connectivity index (χ4v) is 3.00. The predicted octanol–water partition coefficient (Wildman–Crippen LogP) is 2.99. The van der Waals surface area contributed by atoms with Crippen molar-refractivity contribution in [1.29, 1.82) is 0 Å². The number of hydrogen-bond acceptors (Lipinski definition) is 5. The zero-order valence-electron chi connectivity index (χ0n) is 16.6. The SMILES string of the molecule is O=C(Cc1ccccc1)N[C@H](C(=O)O)[C@H](O)c1cccc(N=Cc2ccccc2O)c1. The third kappa shape index (κ3) is 6.01. The van der Waals surface area contributed by atoms with E-state index < -0.39 is 24.0 Å². The number of phenolic OH excluding ortho intramolecular Hbond substituents is 1. The maximum atomic E-state index is 12.3. The molecule has 0 spiro atoms. The molecule has 0 aliphatic rings. The molecule has 7 heteroatoms. The Labute approximate surface area is 179 Å². The lowest BCUT2D eigenvalue weighted by atomic mass is 10.0. The third-order valence-electron chi connectivity index (χ3n) is 4.61. The summed E-state index contributed by atoms with van der Waals surface area (Å²) in [5, 5.41) is 32.4. The minimum absolute atomic E-state index is 0.00222. The number of aliphatic carboxylic acids is 1. The topological polar surface area (TPSA) is 119 Å². The number of carboxylic acid groups (broad SMARTS) is 1. The van der Waals surface area contributed by atoms with Crippen LogP contribution in [0, 0.1) is 0 Å². The van der Waals surface area contributed by atoms with Gasteiger partial charge in [0.25, 0.3) is 0 Å². The summed E-state index contributed by atoms with van der Waals surface area (Å²) in [6.07, 6.45) is -0.00292. The van der Waals surface area contributed by atoms with Crippen LogP contribution in [-0.4, -0.2) is 39.5 Å². The van der Waals surface area contributed by atoms with Crippen LogP contribution in [0.2, 0.25) is 0 Å². The molecule has 0 heterocycles. The first kappa shape index (κ1) is 21.7. The molecular formula is C24H22N2O5. The standard InChI is InChI=1S/C24H22N2O5/c27-20-12-5-4-9-18(20)15-25-19-11-6-10-17(14-19)23(29)22(24(30)31)26-21(28)13-16-7-2-1-3-8-16/h1-12,14-15,22-23,27,29H,13H2,(H,26,28)(H,30,31)/t22-,23+/m0/s1. The molecule has 158 valence electrons. The van der Waals surface area contributed by atoms with Crippen LogP contribution >= 0.6 is 0 Å². The lowest BCUT2D eigenvalue weighted by Gasteiger charge is -2.21. The Kier molecular flexibility index (Phi) is 7.13. The van der Waals surface area contributed by atoms with Gasteiger partial charge in [-0.15, -0.1) is 0 Å². The van der Waals surface area contributed by atoms with Gasteiger partial charge in [0.05, 0.1) is 12.1 Å². The molecule has 31 heavy (non-hydrogen) atoms. The maximum absolute atomic E-state index is 12.3. The van der Waals surface area contributed by atoms with Crippen LogP contribution in [0.25, 0.3) is 0 Å². The van der Waals surface area contributed by atoms with E-state index in [0.29, 0.717) is 16.8 Å².